The molecule has 0 aliphatic carbocycles. The molecule has 0 aliphatic rings. The summed E-state index contributed by atoms with van der Waals surface area (Å²) in [6.45, 7) is 0.521. The number of para-hydroxylation sites is 2. The number of amides is 1. The number of hydrogen-bond donors (Lipinski definition) is 2. The Morgan fingerprint density at radius 3 is 2.79 bits per heavy atom. The second-order valence-corrected chi connectivity index (χ2v) is 7.97. The van der Waals surface area contributed by atoms with E-state index in [-0.39, 0.29) is 5.91 Å². The largest absolute Gasteiger partial charge is 0.456 e. The van der Waals surface area contributed by atoms with E-state index >= 15 is 0 Å². The standard InChI is InChI=1S/C27H20N4O2/c32-27(29-12-11-18-15-30-22-7-3-2-6-20(18)22)23-10-9-19-14-28-16-21(26(19)31-23)25-13-17-5-1-4-8-24(17)33-25/h1-10,13-16,30H,11-12H2,(H,29,32). The van der Waals surface area contributed by atoms with Crippen LogP contribution in [0, 0.1) is 0 Å². The van der Waals surface area contributed by atoms with Crippen molar-refractivity contribution < 1.29 is 9.21 Å². The van der Waals surface area contributed by atoms with Crippen LogP contribution >= 0.6 is 0 Å². The Labute approximate surface area is 189 Å². The zero-order chi connectivity index (χ0) is 22.2. The minimum atomic E-state index is -0.205. The average Bonchev–Trinajstić information content (AvgIpc) is 3.47. The van der Waals surface area contributed by atoms with Crippen molar-refractivity contribution in [2.75, 3.05) is 6.54 Å². The Bertz CT molecular complexity index is 1600. The molecule has 0 spiro atoms. The van der Waals surface area contributed by atoms with Crippen molar-refractivity contribution in [2.45, 2.75) is 6.42 Å². The highest BCUT2D eigenvalue weighted by molar-refractivity contribution is 5.99. The summed E-state index contributed by atoms with van der Waals surface area (Å²) in [5, 5.41) is 6.03. The lowest BCUT2D eigenvalue weighted by atomic mass is 10.1. The fourth-order valence-electron chi connectivity index (χ4n) is 4.20. The van der Waals surface area contributed by atoms with Gasteiger partial charge in [-0.25, -0.2) is 4.98 Å². The highest BCUT2D eigenvalue weighted by atomic mass is 16.3. The number of nitrogens with one attached hydrogen (secondary N) is 2. The van der Waals surface area contributed by atoms with Crippen LogP contribution in [-0.2, 0) is 6.42 Å². The number of furan rings is 1. The molecule has 0 atom stereocenters. The molecule has 160 valence electrons. The van der Waals surface area contributed by atoms with Crippen molar-refractivity contribution in [3.8, 4) is 11.3 Å². The van der Waals surface area contributed by atoms with Crippen molar-refractivity contribution in [1.29, 1.82) is 0 Å². The number of carbonyl (C=O) groups is 1. The number of nitrogens with zero attached hydrogens (tertiary/aromatic N) is 2. The molecule has 0 saturated carbocycles. The first-order chi connectivity index (χ1) is 16.3. The van der Waals surface area contributed by atoms with Gasteiger partial charge in [-0.05, 0) is 42.3 Å². The van der Waals surface area contributed by atoms with E-state index in [2.05, 4.69) is 26.3 Å². The first kappa shape index (κ1) is 19.3. The van der Waals surface area contributed by atoms with Gasteiger partial charge in [-0.1, -0.05) is 36.4 Å². The summed E-state index contributed by atoms with van der Waals surface area (Å²) in [5.74, 6) is 0.475. The molecule has 6 aromatic rings. The fraction of sp³-hybridized carbons (Fsp3) is 0.0741. The molecule has 6 nitrogen and oxygen atoms in total. The first-order valence-corrected chi connectivity index (χ1v) is 10.8. The molecule has 0 bridgehead atoms. The molecule has 6 rings (SSSR count). The molecule has 2 aromatic carbocycles. The highest BCUT2D eigenvalue weighted by Gasteiger charge is 2.14. The second-order valence-electron chi connectivity index (χ2n) is 7.97. The average molecular weight is 432 g/mol. The predicted octanol–water partition coefficient (Wildman–Crippen LogP) is 5.50. The van der Waals surface area contributed by atoms with Crippen molar-refractivity contribution in [3.05, 3.63) is 96.6 Å². The number of rotatable bonds is 5. The van der Waals surface area contributed by atoms with Crippen molar-refractivity contribution in [2.24, 2.45) is 0 Å². The Balaban J connectivity index is 1.26. The summed E-state index contributed by atoms with van der Waals surface area (Å²) >= 11 is 0. The molecule has 0 fully saturated rings. The van der Waals surface area contributed by atoms with Crippen LogP contribution in [0.5, 0.6) is 0 Å². The third-order valence-corrected chi connectivity index (χ3v) is 5.88. The van der Waals surface area contributed by atoms with Crippen LogP contribution in [0.2, 0.25) is 0 Å². The maximum Gasteiger partial charge on any atom is 0.269 e. The van der Waals surface area contributed by atoms with Gasteiger partial charge in [-0.15, -0.1) is 0 Å². The van der Waals surface area contributed by atoms with E-state index in [1.54, 1.807) is 18.5 Å². The lowest BCUT2D eigenvalue weighted by molar-refractivity contribution is 0.0949. The summed E-state index contributed by atoms with van der Waals surface area (Å²) < 4.78 is 6.02. The number of benzene rings is 2. The molecule has 1 amide bonds. The number of aromatic nitrogens is 3. The van der Waals surface area contributed by atoms with Gasteiger partial charge in [0.1, 0.15) is 17.0 Å². The van der Waals surface area contributed by atoms with Crippen LogP contribution in [0.1, 0.15) is 16.1 Å². The number of fused-ring (bicyclic) bond motifs is 3. The second kappa shape index (κ2) is 7.91. The van der Waals surface area contributed by atoms with E-state index in [0.29, 0.717) is 23.5 Å². The van der Waals surface area contributed by atoms with Crippen LogP contribution in [0.4, 0.5) is 0 Å². The zero-order valence-electron chi connectivity index (χ0n) is 17.7. The molecule has 0 aliphatic heterocycles. The van der Waals surface area contributed by atoms with Gasteiger partial charge in [0, 0.05) is 46.8 Å². The van der Waals surface area contributed by atoms with Gasteiger partial charge in [0.15, 0.2) is 0 Å². The van der Waals surface area contributed by atoms with E-state index in [4.69, 9.17) is 4.42 Å². The fourth-order valence-corrected chi connectivity index (χ4v) is 4.20. The monoisotopic (exact) mass is 432 g/mol. The van der Waals surface area contributed by atoms with Crippen LogP contribution < -0.4 is 5.32 Å². The van der Waals surface area contributed by atoms with Gasteiger partial charge >= 0.3 is 0 Å². The molecule has 4 heterocycles. The number of pyridine rings is 2. The molecular weight excluding hydrogens is 412 g/mol. The smallest absolute Gasteiger partial charge is 0.269 e. The lowest BCUT2D eigenvalue weighted by Gasteiger charge is -2.07. The zero-order valence-corrected chi connectivity index (χ0v) is 17.7. The Morgan fingerprint density at radius 2 is 1.85 bits per heavy atom. The number of aromatic amines is 1. The van der Waals surface area contributed by atoms with Crippen LogP contribution in [-0.4, -0.2) is 27.4 Å². The summed E-state index contributed by atoms with van der Waals surface area (Å²) in [6.07, 6.45) is 6.20. The molecule has 33 heavy (non-hydrogen) atoms. The minimum Gasteiger partial charge on any atom is -0.456 e. The summed E-state index contributed by atoms with van der Waals surface area (Å²) in [6, 6.07) is 21.6. The predicted molar refractivity (Wildman–Crippen MR) is 129 cm³/mol. The van der Waals surface area contributed by atoms with Crippen LogP contribution in [0.15, 0.2) is 89.7 Å². The van der Waals surface area contributed by atoms with Gasteiger partial charge in [-0.2, -0.15) is 0 Å². The third-order valence-electron chi connectivity index (χ3n) is 5.88. The molecule has 4 aromatic heterocycles. The van der Waals surface area contributed by atoms with E-state index < -0.39 is 0 Å². The van der Waals surface area contributed by atoms with Gasteiger partial charge in [0.25, 0.3) is 5.91 Å². The number of hydrogen-bond acceptors (Lipinski definition) is 4. The van der Waals surface area contributed by atoms with E-state index in [1.807, 2.05) is 60.8 Å². The Morgan fingerprint density at radius 1 is 0.970 bits per heavy atom. The van der Waals surface area contributed by atoms with Gasteiger partial charge < -0.3 is 14.7 Å². The molecular formula is C27H20N4O2. The Hall–Kier alpha value is -4.45. The molecule has 0 saturated heterocycles. The van der Waals surface area contributed by atoms with Crippen molar-refractivity contribution in [1.82, 2.24) is 20.3 Å². The van der Waals surface area contributed by atoms with E-state index in [0.717, 1.165) is 33.9 Å². The van der Waals surface area contributed by atoms with Gasteiger partial charge in [0.2, 0.25) is 0 Å². The topological polar surface area (TPSA) is 83.8 Å². The quantitative estimate of drug-likeness (QED) is 0.377. The maximum absolute atomic E-state index is 12.8. The normalized spacial score (nSPS) is 11.4. The SMILES string of the molecule is O=C(NCCc1c[nH]c2ccccc12)c1ccc2cncc(-c3cc4ccccc4o3)c2n1. The van der Waals surface area contributed by atoms with Crippen LogP contribution in [0.3, 0.4) is 0 Å². The van der Waals surface area contributed by atoms with Gasteiger partial charge in [0.05, 0.1) is 11.1 Å². The first-order valence-electron chi connectivity index (χ1n) is 10.8. The summed E-state index contributed by atoms with van der Waals surface area (Å²) in [7, 11) is 0. The summed E-state index contributed by atoms with van der Waals surface area (Å²) in [4.78, 5) is 25.1. The van der Waals surface area contributed by atoms with Crippen molar-refractivity contribution >= 4 is 38.7 Å². The van der Waals surface area contributed by atoms with Crippen molar-refractivity contribution in [3.63, 3.8) is 0 Å². The third kappa shape index (κ3) is 3.51. The van der Waals surface area contributed by atoms with E-state index in [9.17, 15) is 4.79 Å². The van der Waals surface area contributed by atoms with E-state index in [1.165, 1.54) is 10.9 Å². The lowest BCUT2D eigenvalue weighted by Crippen LogP contribution is -2.26. The summed E-state index contributed by atoms with van der Waals surface area (Å²) in [5.41, 5.74) is 4.89. The molecule has 0 unspecified atom stereocenters. The minimum absolute atomic E-state index is 0.205. The molecule has 6 heteroatoms. The Kier molecular flexibility index (Phi) is 4.61. The molecule has 0 radical (unpaired) electrons. The highest BCUT2D eigenvalue weighted by Crippen LogP contribution is 2.31. The van der Waals surface area contributed by atoms with Gasteiger partial charge in [-0.3, -0.25) is 9.78 Å². The number of H-pyrrole nitrogens is 1. The van der Waals surface area contributed by atoms with Crippen LogP contribution in [0.25, 0.3) is 44.1 Å². The number of carbonyl (C=O) groups excluding carboxylic acids is 1. The maximum atomic E-state index is 12.8. The molecule has 2 N–H and O–H groups in total.